The van der Waals surface area contributed by atoms with Crippen molar-refractivity contribution in [1.82, 2.24) is 34.3 Å². The summed E-state index contributed by atoms with van der Waals surface area (Å²) in [5, 5.41) is 4.62. The molecule has 10 heteroatoms. The van der Waals surface area contributed by atoms with E-state index in [-0.39, 0.29) is 11.3 Å². The summed E-state index contributed by atoms with van der Waals surface area (Å²) in [5.41, 5.74) is 3.80. The van der Waals surface area contributed by atoms with Crippen LogP contribution < -0.4 is 5.32 Å². The van der Waals surface area contributed by atoms with E-state index in [4.69, 9.17) is 11.6 Å². The van der Waals surface area contributed by atoms with E-state index in [0.29, 0.717) is 16.7 Å². The number of H-pyrrole nitrogens is 1. The van der Waals surface area contributed by atoms with Crippen molar-refractivity contribution in [2.45, 2.75) is 12.8 Å². The molecule has 2 fully saturated rings. The summed E-state index contributed by atoms with van der Waals surface area (Å²) in [6.07, 6.45) is 7.55. The molecule has 4 aromatic rings. The number of aromatic amines is 1. The number of amides is 1. The Hall–Kier alpha value is -3.43. The summed E-state index contributed by atoms with van der Waals surface area (Å²) < 4.78 is 1.87. The molecule has 2 saturated heterocycles. The van der Waals surface area contributed by atoms with Gasteiger partial charge < -0.3 is 24.7 Å². The monoisotopic (exact) mass is 490 g/mol. The lowest BCUT2D eigenvalue weighted by atomic mass is 9.86. The molecule has 0 radical (unpaired) electrons. The zero-order chi connectivity index (χ0) is 24.2. The Bertz CT molecular complexity index is 1430. The quantitative estimate of drug-likeness (QED) is 0.450. The van der Waals surface area contributed by atoms with E-state index in [1.54, 1.807) is 12.5 Å². The molecule has 35 heavy (non-hydrogen) atoms. The van der Waals surface area contributed by atoms with Crippen LogP contribution in [0, 0.1) is 5.41 Å². The Balaban J connectivity index is 1.23. The highest BCUT2D eigenvalue weighted by atomic mass is 35.5. The summed E-state index contributed by atoms with van der Waals surface area (Å²) in [6, 6.07) is 7.46. The molecule has 1 spiro atoms. The Labute approximate surface area is 208 Å². The normalized spacial score (nSPS) is 20.4. The molecule has 0 bridgehead atoms. The number of rotatable bonds is 4. The number of aryl methyl sites for hydroxylation is 1. The van der Waals surface area contributed by atoms with Crippen molar-refractivity contribution < 1.29 is 4.79 Å². The minimum absolute atomic E-state index is 0.0320. The third-order valence-corrected chi connectivity index (χ3v) is 7.44. The van der Waals surface area contributed by atoms with E-state index >= 15 is 0 Å². The summed E-state index contributed by atoms with van der Waals surface area (Å²) in [6.45, 7) is 3.78. The fourth-order valence-corrected chi connectivity index (χ4v) is 5.67. The molecule has 2 aliphatic heterocycles. The number of nitrogens with one attached hydrogen (secondary N) is 2. The highest BCUT2D eigenvalue weighted by Crippen LogP contribution is 2.39. The van der Waals surface area contributed by atoms with Crippen LogP contribution in [0.2, 0.25) is 5.02 Å². The van der Waals surface area contributed by atoms with E-state index in [1.165, 1.54) is 0 Å². The van der Waals surface area contributed by atoms with Gasteiger partial charge in [-0.3, -0.25) is 4.79 Å². The molecule has 9 nitrogen and oxygen atoms in total. The molecule has 5 heterocycles. The van der Waals surface area contributed by atoms with Gasteiger partial charge in [0.2, 0.25) is 5.95 Å². The molecule has 1 unspecified atom stereocenters. The molecule has 1 amide bonds. The largest absolute Gasteiger partial charge is 0.349 e. The first-order chi connectivity index (χ1) is 16.9. The predicted octanol–water partition coefficient (Wildman–Crippen LogP) is 3.92. The van der Waals surface area contributed by atoms with Crippen molar-refractivity contribution in [3.63, 3.8) is 0 Å². The lowest BCUT2D eigenvalue weighted by Gasteiger charge is -2.23. The van der Waals surface area contributed by atoms with Crippen LogP contribution >= 0.6 is 11.6 Å². The van der Waals surface area contributed by atoms with Gasteiger partial charge in [0.1, 0.15) is 11.4 Å². The van der Waals surface area contributed by atoms with Gasteiger partial charge in [0, 0.05) is 55.6 Å². The summed E-state index contributed by atoms with van der Waals surface area (Å²) in [4.78, 5) is 34.1. The number of carbonyl (C=O) groups is 1. The van der Waals surface area contributed by atoms with E-state index in [1.807, 2.05) is 47.0 Å². The van der Waals surface area contributed by atoms with Crippen molar-refractivity contribution in [2.24, 2.45) is 12.5 Å². The third-order valence-electron chi connectivity index (χ3n) is 7.14. The molecular formula is C25H27ClN8O. The Morgan fingerprint density at radius 3 is 2.74 bits per heavy atom. The van der Waals surface area contributed by atoms with Crippen molar-refractivity contribution in [3.8, 4) is 11.4 Å². The van der Waals surface area contributed by atoms with Gasteiger partial charge in [-0.05, 0) is 50.7 Å². The second-order valence-electron chi connectivity index (χ2n) is 9.88. The number of halogens is 1. The molecule has 2 aliphatic rings. The van der Waals surface area contributed by atoms with Crippen LogP contribution in [-0.4, -0.2) is 73.4 Å². The number of anilines is 2. The van der Waals surface area contributed by atoms with Crippen LogP contribution in [0.25, 0.3) is 22.3 Å². The highest BCUT2D eigenvalue weighted by molar-refractivity contribution is 6.35. The molecule has 3 aromatic heterocycles. The van der Waals surface area contributed by atoms with Crippen LogP contribution in [-0.2, 0) is 7.05 Å². The SMILES string of the molecule is CN1CCC2(CCN(C(=O)c3cc4cc(Nc5nccc(-c6cn(C)cn6)n5)cc(Cl)c4[nH]3)C2)C1. The van der Waals surface area contributed by atoms with Gasteiger partial charge >= 0.3 is 0 Å². The third kappa shape index (κ3) is 4.15. The van der Waals surface area contributed by atoms with Crippen molar-refractivity contribution in [3.05, 3.63) is 53.7 Å². The number of aromatic nitrogens is 5. The van der Waals surface area contributed by atoms with Crippen LogP contribution in [0.15, 0.2) is 43.0 Å². The average molecular weight is 491 g/mol. The summed E-state index contributed by atoms with van der Waals surface area (Å²) >= 11 is 6.60. The topological polar surface area (TPSA) is 95.0 Å². The molecule has 6 rings (SSSR count). The van der Waals surface area contributed by atoms with E-state index in [2.05, 4.69) is 37.2 Å². The number of fused-ring (bicyclic) bond motifs is 1. The average Bonchev–Trinajstić information content (AvgIpc) is 3.62. The minimum Gasteiger partial charge on any atom is -0.349 e. The lowest BCUT2D eigenvalue weighted by Crippen LogP contribution is -2.33. The fraction of sp³-hybridized carbons (Fsp3) is 0.360. The summed E-state index contributed by atoms with van der Waals surface area (Å²) in [5.74, 6) is 0.476. The summed E-state index contributed by atoms with van der Waals surface area (Å²) in [7, 11) is 4.07. The van der Waals surface area contributed by atoms with Crippen molar-refractivity contribution in [1.29, 1.82) is 0 Å². The van der Waals surface area contributed by atoms with Crippen molar-refractivity contribution in [2.75, 3.05) is 38.5 Å². The van der Waals surface area contributed by atoms with Gasteiger partial charge in [-0.25, -0.2) is 15.0 Å². The zero-order valence-electron chi connectivity index (χ0n) is 19.8. The minimum atomic E-state index is 0.0320. The van der Waals surface area contributed by atoms with Gasteiger partial charge in [0.05, 0.1) is 22.6 Å². The standard InChI is InChI=1S/C25H27ClN8O/c1-32-7-4-25(13-32)5-8-34(14-25)23(35)20-10-16-9-17(11-18(26)22(16)30-20)29-24-27-6-3-19(31-24)21-12-33(2)15-28-21/h3,6,9-12,15,30H,4-5,7-8,13-14H2,1-2H3,(H,27,29,31). The number of likely N-dealkylation sites (tertiary alicyclic amines) is 2. The predicted molar refractivity (Wildman–Crippen MR) is 136 cm³/mol. The second-order valence-corrected chi connectivity index (χ2v) is 10.3. The van der Waals surface area contributed by atoms with Crippen molar-refractivity contribution >= 4 is 40.0 Å². The van der Waals surface area contributed by atoms with Gasteiger partial charge in [-0.2, -0.15) is 0 Å². The highest BCUT2D eigenvalue weighted by Gasteiger charge is 2.44. The van der Waals surface area contributed by atoms with Gasteiger partial charge in [0.15, 0.2) is 0 Å². The Kier molecular flexibility index (Phi) is 5.26. The molecule has 1 aromatic carbocycles. The van der Waals surface area contributed by atoms with Crippen LogP contribution in [0.3, 0.4) is 0 Å². The maximum atomic E-state index is 13.3. The number of hydrogen-bond acceptors (Lipinski definition) is 6. The smallest absolute Gasteiger partial charge is 0.270 e. The molecule has 180 valence electrons. The molecule has 0 aliphatic carbocycles. The number of benzene rings is 1. The lowest BCUT2D eigenvalue weighted by molar-refractivity contribution is 0.0769. The second kappa shape index (κ2) is 8.35. The van der Waals surface area contributed by atoms with Crippen LogP contribution in [0.1, 0.15) is 23.3 Å². The van der Waals surface area contributed by atoms with Gasteiger partial charge in [-0.1, -0.05) is 11.6 Å². The van der Waals surface area contributed by atoms with Gasteiger partial charge in [0.25, 0.3) is 5.91 Å². The molecule has 1 atom stereocenters. The zero-order valence-corrected chi connectivity index (χ0v) is 20.5. The van der Waals surface area contributed by atoms with E-state index in [0.717, 1.165) is 67.0 Å². The first-order valence-electron chi connectivity index (χ1n) is 11.8. The number of imidazole rings is 1. The molecular weight excluding hydrogens is 464 g/mol. The number of nitrogens with zero attached hydrogens (tertiary/aromatic N) is 6. The fourth-order valence-electron chi connectivity index (χ4n) is 5.39. The van der Waals surface area contributed by atoms with Gasteiger partial charge in [-0.15, -0.1) is 0 Å². The maximum absolute atomic E-state index is 13.3. The first-order valence-corrected chi connectivity index (χ1v) is 12.1. The van der Waals surface area contributed by atoms with Crippen LogP contribution in [0.5, 0.6) is 0 Å². The number of hydrogen-bond donors (Lipinski definition) is 2. The molecule has 0 saturated carbocycles. The maximum Gasteiger partial charge on any atom is 0.270 e. The van der Waals surface area contributed by atoms with Crippen LogP contribution in [0.4, 0.5) is 11.6 Å². The van der Waals surface area contributed by atoms with E-state index < -0.39 is 0 Å². The molecule has 2 N–H and O–H groups in total. The van der Waals surface area contributed by atoms with E-state index in [9.17, 15) is 4.79 Å². The first kappa shape index (κ1) is 22.1. The Morgan fingerprint density at radius 1 is 1.11 bits per heavy atom. The number of carbonyl (C=O) groups excluding carboxylic acids is 1. The Morgan fingerprint density at radius 2 is 1.97 bits per heavy atom.